The Labute approximate surface area is 134 Å². The minimum absolute atomic E-state index is 0.0306. The van der Waals surface area contributed by atoms with E-state index < -0.39 is 12.2 Å². The zero-order valence-corrected chi connectivity index (χ0v) is 13.5. The highest BCUT2D eigenvalue weighted by Crippen LogP contribution is 2.32. The molecule has 0 N–H and O–H groups in total. The first-order valence-corrected chi connectivity index (χ1v) is 8.19. The van der Waals surface area contributed by atoms with Crippen LogP contribution >= 0.6 is 11.8 Å². The average Bonchev–Trinajstić information content (AvgIpc) is 2.81. The van der Waals surface area contributed by atoms with Crippen LogP contribution in [0.1, 0.15) is 19.4 Å². The maximum Gasteiger partial charge on any atom is 0.303 e. The van der Waals surface area contributed by atoms with Crippen LogP contribution in [0.4, 0.5) is 0 Å². The van der Waals surface area contributed by atoms with E-state index in [9.17, 15) is 9.59 Å². The number of esters is 2. The third-order valence-electron chi connectivity index (χ3n) is 3.22. The molecule has 0 bridgehead atoms. The Morgan fingerprint density at radius 2 is 1.82 bits per heavy atom. The minimum Gasteiger partial charge on any atom is -0.458 e. The van der Waals surface area contributed by atoms with Gasteiger partial charge in [-0.05, 0) is 5.56 Å². The molecule has 1 aliphatic rings. The van der Waals surface area contributed by atoms with Gasteiger partial charge in [-0.1, -0.05) is 30.3 Å². The lowest BCUT2D eigenvalue weighted by molar-refractivity contribution is -0.163. The summed E-state index contributed by atoms with van der Waals surface area (Å²) in [5, 5.41) is -0.0306. The van der Waals surface area contributed by atoms with Gasteiger partial charge < -0.3 is 14.2 Å². The highest BCUT2D eigenvalue weighted by Gasteiger charge is 2.41. The molecule has 120 valence electrons. The first kappa shape index (κ1) is 16.8. The van der Waals surface area contributed by atoms with Crippen LogP contribution in [0.15, 0.2) is 30.3 Å². The summed E-state index contributed by atoms with van der Waals surface area (Å²) in [5.41, 5.74) is 1.09. The molecule has 1 aromatic carbocycles. The molecule has 5 nitrogen and oxygen atoms in total. The Bertz CT molecular complexity index is 505. The van der Waals surface area contributed by atoms with E-state index in [0.717, 1.165) is 5.56 Å². The lowest BCUT2D eigenvalue weighted by Gasteiger charge is -2.23. The van der Waals surface area contributed by atoms with Crippen molar-refractivity contribution in [2.24, 2.45) is 0 Å². The van der Waals surface area contributed by atoms with Gasteiger partial charge in [0.05, 0.1) is 18.5 Å². The van der Waals surface area contributed by atoms with E-state index in [1.807, 2.05) is 30.3 Å². The Hall–Kier alpha value is -1.53. The second kappa shape index (κ2) is 8.19. The molecule has 0 radical (unpaired) electrons. The van der Waals surface area contributed by atoms with Gasteiger partial charge in [0.15, 0.2) is 6.10 Å². The van der Waals surface area contributed by atoms with Crippen LogP contribution in [0.5, 0.6) is 0 Å². The second-order valence-corrected chi connectivity index (χ2v) is 6.37. The van der Waals surface area contributed by atoms with Crippen LogP contribution in [-0.2, 0) is 30.4 Å². The smallest absolute Gasteiger partial charge is 0.303 e. The number of ether oxygens (including phenoxy) is 3. The van der Waals surface area contributed by atoms with Gasteiger partial charge in [-0.15, -0.1) is 11.8 Å². The van der Waals surface area contributed by atoms with E-state index in [4.69, 9.17) is 14.2 Å². The molecule has 0 aromatic heterocycles. The van der Waals surface area contributed by atoms with Crippen molar-refractivity contribution in [1.29, 1.82) is 0 Å². The summed E-state index contributed by atoms with van der Waals surface area (Å²) in [6.45, 7) is 3.66. The molecule has 0 spiro atoms. The maximum absolute atomic E-state index is 11.3. The van der Waals surface area contributed by atoms with Gasteiger partial charge >= 0.3 is 11.9 Å². The van der Waals surface area contributed by atoms with Crippen LogP contribution in [0.3, 0.4) is 0 Å². The molecule has 6 heteroatoms. The normalized spacial score (nSPS) is 24.0. The van der Waals surface area contributed by atoms with Crippen molar-refractivity contribution < 1.29 is 23.8 Å². The van der Waals surface area contributed by atoms with Crippen LogP contribution in [0, 0.1) is 0 Å². The monoisotopic (exact) mass is 324 g/mol. The lowest BCUT2D eigenvalue weighted by Crippen LogP contribution is -2.38. The largest absolute Gasteiger partial charge is 0.458 e. The standard InChI is InChI=1S/C16H20O5S/c1-11(17)20-14-10-22-15(16(14)21-12(2)18)9-19-8-13-6-4-3-5-7-13/h3-7,14-16H,8-10H2,1-2H3/t14-,15+,16-/m0/s1. The van der Waals surface area contributed by atoms with Gasteiger partial charge in [0, 0.05) is 19.6 Å². The number of benzene rings is 1. The molecule has 1 aliphatic heterocycles. The van der Waals surface area contributed by atoms with Gasteiger partial charge in [-0.3, -0.25) is 9.59 Å². The second-order valence-electron chi connectivity index (χ2n) is 5.09. The molecule has 1 fully saturated rings. The van der Waals surface area contributed by atoms with Crippen molar-refractivity contribution >= 4 is 23.7 Å². The van der Waals surface area contributed by atoms with E-state index in [2.05, 4.69) is 0 Å². The third kappa shape index (κ3) is 5.03. The van der Waals surface area contributed by atoms with E-state index >= 15 is 0 Å². The molecule has 0 amide bonds. The number of hydrogen-bond acceptors (Lipinski definition) is 6. The first-order chi connectivity index (χ1) is 10.6. The number of rotatable bonds is 6. The number of carbonyl (C=O) groups excluding carboxylic acids is 2. The molecule has 0 unspecified atom stereocenters. The van der Waals surface area contributed by atoms with Crippen molar-refractivity contribution in [3.8, 4) is 0 Å². The number of carbonyl (C=O) groups is 2. The quantitative estimate of drug-likeness (QED) is 0.748. The molecule has 2 rings (SSSR count). The van der Waals surface area contributed by atoms with Crippen molar-refractivity contribution in [2.45, 2.75) is 37.9 Å². The topological polar surface area (TPSA) is 61.8 Å². The molecule has 1 heterocycles. The minimum atomic E-state index is -0.456. The Morgan fingerprint density at radius 3 is 2.45 bits per heavy atom. The summed E-state index contributed by atoms with van der Waals surface area (Å²) in [6, 6.07) is 9.86. The summed E-state index contributed by atoms with van der Waals surface area (Å²) >= 11 is 1.60. The molecule has 0 saturated carbocycles. The fourth-order valence-electron chi connectivity index (χ4n) is 2.32. The molecular formula is C16H20O5S. The molecule has 1 saturated heterocycles. The summed E-state index contributed by atoms with van der Waals surface area (Å²) in [4.78, 5) is 22.4. The van der Waals surface area contributed by atoms with Crippen LogP contribution in [-0.4, -0.2) is 41.8 Å². The Balaban J connectivity index is 1.88. The maximum atomic E-state index is 11.3. The summed E-state index contributed by atoms with van der Waals surface area (Å²) in [5.74, 6) is -0.136. The van der Waals surface area contributed by atoms with Gasteiger partial charge in [0.1, 0.15) is 6.10 Å². The predicted octanol–water partition coefficient (Wildman–Crippen LogP) is 2.18. The molecule has 1 aromatic rings. The van der Waals surface area contributed by atoms with Crippen LogP contribution < -0.4 is 0 Å². The van der Waals surface area contributed by atoms with Crippen molar-refractivity contribution in [3.63, 3.8) is 0 Å². The first-order valence-electron chi connectivity index (χ1n) is 7.14. The lowest BCUT2D eigenvalue weighted by atomic mass is 10.1. The van der Waals surface area contributed by atoms with Crippen molar-refractivity contribution in [1.82, 2.24) is 0 Å². The van der Waals surface area contributed by atoms with Crippen molar-refractivity contribution in [3.05, 3.63) is 35.9 Å². The van der Waals surface area contributed by atoms with Gasteiger partial charge in [-0.2, -0.15) is 0 Å². The number of thioether (sulfide) groups is 1. The fourth-order valence-corrected chi connectivity index (χ4v) is 3.62. The third-order valence-corrected chi connectivity index (χ3v) is 4.57. The fraction of sp³-hybridized carbons (Fsp3) is 0.500. The van der Waals surface area contributed by atoms with E-state index in [1.165, 1.54) is 13.8 Å². The van der Waals surface area contributed by atoms with Crippen LogP contribution in [0.25, 0.3) is 0 Å². The van der Waals surface area contributed by atoms with Crippen LogP contribution in [0.2, 0.25) is 0 Å². The van der Waals surface area contributed by atoms with E-state index in [1.54, 1.807) is 11.8 Å². The SMILES string of the molecule is CC(=O)O[C@H]1[C@@H](OC(C)=O)CS[C@@H]1COCc1ccccc1. The Kier molecular flexibility index (Phi) is 6.27. The van der Waals surface area contributed by atoms with Gasteiger partial charge in [-0.25, -0.2) is 0 Å². The van der Waals surface area contributed by atoms with Gasteiger partial charge in [0.2, 0.25) is 0 Å². The summed E-state index contributed by atoms with van der Waals surface area (Å²) < 4.78 is 16.3. The zero-order valence-electron chi connectivity index (χ0n) is 12.7. The zero-order chi connectivity index (χ0) is 15.9. The molecular weight excluding hydrogens is 304 g/mol. The highest BCUT2D eigenvalue weighted by atomic mass is 32.2. The van der Waals surface area contributed by atoms with E-state index in [0.29, 0.717) is 19.0 Å². The van der Waals surface area contributed by atoms with Crippen molar-refractivity contribution in [2.75, 3.05) is 12.4 Å². The molecule has 3 atom stereocenters. The number of hydrogen-bond donors (Lipinski definition) is 0. The summed E-state index contributed by atoms with van der Waals surface area (Å²) in [7, 11) is 0. The molecule has 22 heavy (non-hydrogen) atoms. The van der Waals surface area contributed by atoms with E-state index in [-0.39, 0.29) is 17.2 Å². The highest BCUT2D eigenvalue weighted by molar-refractivity contribution is 8.00. The molecule has 0 aliphatic carbocycles. The predicted molar refractivity (Wildman–Crippen MR) is 83.5 cm³/mol. The average molecular weight is 324 g/mol. The summed E-state index contributed by atoms with van der Waals surface area (Å²) in [6.07, 6.45) is -0.862. The Morgan fingerprint density at radius 1 is 1.14 bits per heavy atom. The van der Waals surface area contributed by atoms with Gasteiger partial charge in [0.25, 0.3) is 0 Å².